The number of fused-ring (bicyclic) bond motifs is 1. The third-order valence-corrected chi connectivity index (χ3v) is 4.48. The minimum absolute atomic E-state index is 0.0445. The first-order valence-electron chi connectivity index (χ1n) is 8.19. The highest BCUT2D eigenvalue weighted by molar-refractivity contribution is 6.33. The molecule has 0 atom stereocenters. The molecule has 3 heterocycles. The van der Waals surface area contributed by atoms with Gasteiger partial charge in [0, 0.05) is 5.56 Å². The first-order valence-corrected chi connectivity index (χ1v) is 8.57. The zero-order chi connectivity index (χ0) is 17.2. The quantitative estimate of drug-likeness (QED) is 0.772. The molecule has 1 saturated heterocycles. The Morgan fingerprint density at radius 1 is 1.24 bits per heavy atom. The van der Waals surface area contributed by atoms with E-state index in [1.165, 1.54) is 6.33 Å². The van der Waals surface area contributed by atoms with Gasteiger partial charge < -0.3 is 14.8 Å². The number of halogens is 1. The van der Waals surface area contributed by atoms with Crippen LogP contribution >= 0.6 is 11.6 Å². The molecule has 25 heavy (non-hydrogen) atoms. The fourth-order valence-electron chi connectivity index (χ4n) is 2.81. The molecule has 0 saturated carbocycles. The lowest BCUT2D eigenvalue weighted by atomic mass is 10.2. The Bertz CT molecular complexity index is 862. The fraction of sp³-hybridized carbons (Fsp3) is 0.353. The van der Waals surface area contributed by atoms with E-state index in [0.29, 0.717) is 36.3 Å². The third-order valence-electron chi connectivity index (χ3n) is 4.08. The van der Waals surface area contributed by atoms with Crippen molar-refractivity contribution in [3.05, 3.63) is 52.9 Å². The van der Waals surface area contributed by atoms with Gasteiger partial charge in [0.15, 0.2) is 12.1 Å². The standard InChI is InChI=1S/C17H18ClN5O2/c1-2-13-14(18)15(23-17(22-13)19-10-20-23)21-12-8-24-16(25-9-12)11-6-4-3-5-7-11/h3-7,10,12,16,21H,2,8-9H2,1H3/t12-,16+. The summed E-state index contributed by atoms with van der Waals surface area (Å²) in [7, 11) is 0. The van der Waals surface area contributed by atoms with Gasteiger partial charge in [-0.05, 0) is 6.42 Å². The van der Waals surface area contributed by atoms with Crippen LogP contribution < -0.4 is 5.32 Å². The third kappa shape index (κ3) is 3.18. The van der Waals surface area contributed by atoms with Crippen LogP contribution in [0.5, 0.6) is 0 Å². The molecule has 1 aliphatic rings. The van der Waals surface area contributed by atoms with Gasteiger partial charge >= 0.3 is 0 Å². The second-order valence-corrected chi connectivity index (χ2v) is 6.17. The second kappa shape index (κ2) is 6.95. The van der Waals surface area contributed by atoms with Gasteiger partial charge in [-0.3, -0.25) is 0 Å². The van der Waals surface area contributed by atoms with Crippen molar-refractivity contribution in [2.75, 3.05) is 18.5 Å². The maximum Gasteiger partial charge on any atom is 0.254 e. The summed E-state index contributed by atoms with van der Waals surface area (Å²) in [4.78, 5) is 8.57. The molecule has 3 aromatic rings. The number of aromatic nitrogens is 4. The molecule has 0 bridgehead atoms. The van der Waals surface area contributed by atoms with Gasteiger partial charge in [-0.25, -0.2) is 4.98 Å². The fourth-order valence-corrected chi connectivity index (χ4v) is 3.12. The molecule has 7 nitrogen and oxygen atoms in total. The van der Waals surface area contributed by atoms with E-state index in [2.05, 4.69) is 20.4 Å². The molecular weight excluding hydrogens is 342 g/mol. The van der Waals surface area contributed by atoms with Crippen LogP contribution in [0, 0.1) is 0 Å². The van der Waals surface area contributed by atoms with E-state index in [0.717, 1.165) is 11.3 Å². The summed E-state index contributed by atoms with van der Waals surface area (Å²) in [6, 6.07) is 9.84. The molecule has 1 N–H and O–H groups in total. The maximum absolute atomic E-state index is 6.49. The van der Waals surface area contributed by atoms with Gasteiger partial charge in [-0.15, -0.1) is 0 Å². The zero-order valence-corrected chi connectivity index (χ0v) is 14.5. The monoisotopic (exact) mass is 359 g/mol. The SMILES string of the molecule is CCc1nc2ncnn2c(N[C@H]2CO[C@@H](c3ccccc3)OC2)c1Cl. The largest absolute Gasteiger partial charge is 0.361 e. The average molecular weight is 360 g/mol. The predicted octanol–water partition coefficient (Wildman–Crippen LogP) is 2.87. The van der Waals surface area contributed by atoms with Gasteiger partial charge in [-0.2, -0.15) is 14.6 Å². The van der Waals surface area contributed by atoms with Crippen LogP contribution in [0.2, 0.25) is 5.02 Å². The molecule has 0 aliphatic carbocycles. The average Bonchev–Trinajstić information content (AvgIpc) is 3.13. The molecule has 130 valence electrons. The van der Waals surface area contributed by atoms with E-state index in [1.54, 1.807) is 4.52 Å². The highest BCUT2D eigenvalue weighted by Gasteiger charge is 2.25. The normalized spacial score (nSPS) is 20.7. The van der Waals surface area contributed by atoms with Crippen molar-refractivity contribution in [1.29, 1.82) is 0 Å². The number of anilines is 1. The smallest absolute Gasteiger partial charge is 0.254 e. The number of nitrogens with zero attached hydrogens (tertiary/aromatic N) is 4. The van der Waals surface area contributed by atoms with Crippen LogP contribution in [0.4, 0.5) is 5.82 Å². The number of benzene rings is 1. The lowest BCUT2D eigenvalue weighted by Crippen LogP contribution is -2.37. The molecular formula is C17H18ClN5O2. The van der Waals surface area contributed by atoms with E-state index in [4.69, 9.17) is 21.1 Å². The van der Waals surface area contributed by atoms with Crippen LogP contribution in [0.1, 0.15) is 24.5 Å². The summed E-state index contributed by atoms with van der Waals surface area (Å²) >= 11 is 6.49. The van der Waals surface area contributed by atoms with Crippen LogP contribution in [-0.4, -0.2) is 38.8 Å². The van der Waals surface area contributed by atoms with Crippen molar-refractivity contribution >= 4 is 23.2 Å². The lowest BCUT2D eigenvalue weighted by molar-refractivity contribution is -0.187. The number of aryl methyl sites for hydroxylation is 1. The molecule has 1 fully saturated rings. The van der Waals surface area contributed by atoms with Crippen molar-refractivity contribution < 1.29 is 9.47 Å². The van der Waals surface area contributed by atoms with E-state index in [1.807, 2.05) is 37.3 Å². The van der Waals surface area contributed by atoms with Crippen molar-refractivity contribution in [2.24, 2.45) is 0 Å². The Kier molecular flexibility index (Phi) is 4.52. The topological polar surface area (TPSA) is 73.6 Å². The number of rotatable bonds is 4. The van der Waals surface area contributed by atoms with Crippen LogP contribution in [0.15, 0.2) is 36.7 Å². The second-order valence-electron chi connectivity index (χ2n) is 5.80. The van der Waals surface area contributed by atoms with Crippen molar-refractivity contribution in [3.8, 4) is 0 Å². The summed E-state index contributed by atoms with van der Waals surface area (Å²) in [6.45, 7) is 2.99. The first-order chi connectivity index (χ1) is 12.3. The van der Waals surface area contributed by atoms with E-state index < -0.39 is 0 Å². The number of nitrogens with one attached hydrogen (secondary N) is 1. The Balaban J connectivity index is 1.51. The highest BCUT2D eigenvalue weighted by Crippen LogP contribution is 2.28. The van der Waals surface area contributed by atoms with Gasteiger partial charge in [-0.1, -0.05) is 48.9 Å². The van der Waals surface area contributed by atoms with Gasteiger partial charge in [0.1, 0.15) is 11.3 Å². The Morgan fingerprint density at radius 2 is 2.00 bits per heavy atom. The molecule has 8 heteroatoms. The summed E-state index contributed by atoms with van der Waals surface area (Å²) in [5.74, 6) is 1.18. The van der Waals surface area contributed by atoms with E-state index in [9.17, 15) is 0 Å². The Hall–Kier alpha value is -2.22. The van der Waals surface area contributed by atoms with Gasteiger partial charge in [0.05, 0.1) is 24.9 Å². The van der Waals surface area contributed by atoms with Crippen molar-refractivity contribution in [3.63, 3.8) is 0 Å². The molecule has 0 unspecified atom stereocenters. The van der Waals surface area contributed by atoms with Crippen molar-refractivity contribution in [2.45, 2.75) is 25.7 Å². The summed E-state index contributed by atoms with van der Waals surface area (Å²) in [5.41, 5.74) is 1.79. The molecule has 1 aliphatic heterocycles. The minimum Gasteiger partial charge on any atom is -0.361 e. The van der Waals surface area contributed by atoms with Crippen LogP contribution in [0.3, 0.4) is 0 Å². The lowest BCUT2D eigenvalue weighted by Gasteiger charge is -2.30. The summed E-state index contributed by atoms with van der Waals surface area (Å²) in [6.07, 6.45) is 1.83. The zero-order valence-electron chi connectivity index (χ0n) is 13.7. The molecule has 4 rings (SSSR count). The number of hydrogen-bond donors (Lipinski definition) is 1. The molecule has 0 radical (unpaired) electrons. The first kappa shape index (κ1) is 16.3. The summed E-state index contributed by atoms with van der Waals surface area (Å²) < 4.78 is 13.3. The molecule has 0 spiro atoms. The summed E-state index contributed by atoms with van der Waals surface area (Å²) in [5, 5.41) is 8.11. The molecule has 1 aromatic carbocycles. The maximum atomic E-state index is 6.49. The van der Waals surface area contributed by atoms with E-state index in [-0.39, 0.29) is 12.3 Å². The Labute approximate surface area is 149 Å². The Morgan fingerprint density at radius 3 is 2.72 bits per heavy atom. The van der Waals surface area contributed by atoms with Crippen LogP contribution in [0.25, 0.3) is 5.78 Å². The van der Waals surface area contributed by atoms with Gasteiger partial charge in [0.25, 0.3) is 5.78 Å². The minimum atomic E-state index is -0.343. The molecule has 2 aromatic heterocycles. The van der Waals surface area contributed by atoms with Crippen molar-refractivity contribution in [1.82, 2.24) is 19.6 Å². The van der Waals surface area contributed by atoms with Gasteiger partial charge in [0.2, 0.25) is 0 Å². The number of ether oxygens (including phenoxy) is 2. The number of hydrogen-bond acceptors (Lipinski definition) is 6. The predicted molar refractivity (Wildman–Crippen MR) is 93.7 cm³/mol. The highest BCUT2D eigenvalue weighted by atomic mass is 35.5. The van der Waals surface area contributed by atoms with Crippen LogP contribution in [-0.2, 0) is 15.9 Å². The van der Waals surface area contributed by atoms with E-state index >= 15 is 0 Å². The molecule has 0 amide bonds.